The zero-order chi connectivity index (χ0) is 11.7. The normalized spacial score (nSPS) is 32.1. The maximum atomic E-state index is 11.4. The van der Waals surface area contributed by atoms with E-state index in [1.807, 2.05) is 4.90 Å². The maximum absolute atomic E-state index is 11.4. The SMILES string of the molecule is O=C1OCC2CN(C3CSCCSC3)CCN12. The number of nitrogens with zero attached hydrogens (tertiary/aromatic N) is 2. The molecule has 6 heteroatoms. The first-order chi connectivity index (χ1) is 8.34. The maximum Gasteiger partial charge on any atom is 0.410 e. The highest BCUT2D eigenvalue weighted by molar-refractivity contribution is 8.03. The largest absolute Gasteiger partial charge is 0.447 e. The Bertz CT molecular complexity index is 295. The van der Waals surface area contributed by atoms with Gasteiger partial charge in [0, 0.05) is 48.7 Å². The summed E-state index contributed by atoms with van der Waals surface area (Å²) in [6.07, 6.45) is -0.112. The van der Waals surface area contributed by atoms with E-state index in [0.29, 0.717) is 18.7 Å². The average Bonchev–Trinajstić information content (AvgIpc) is 2.58. The average molecular weight is 274 g/mol. The monoisotopic (exact) mass is 274 g/mol. The Kier molecular flexibility index (Phi) is 3.72. The van der Waals surface area contributed by atoms with Crippen molar-refractivity contribution in [3.8, 4) is 0 Å². The fourth-order valence-corrected chi connectivity index (χ4v) is 5.29. The van der Waals surface area contributed by atoms with Crippen molar-refractivity contribution in [3.05, 3.63) is 0 Å². The summed E-state index contributed by atoms with van der Waals surface area (Å²) in [4.78, 5) is 15.9. The Morgan fingerprint density at radius 3 is 2.65 bits per heavy atom. The lowest BCUT2D eigenvalue weighted by Gasteiger charge is -2.39. The van der Waals surface area contributed by atoms with Gasteiger partial charge in [-0.2, -0.15) is 23.5 Å². The van der Waals surface area contributed by atoms with Gasteiger partial charge in [0.05, 0.1) is 6.04 Å². The fraction of sp³-hybridized carbons (Fsp3) is 0.909. The minimum atomic E-state index is -0.112. The quantitative estimate of drug-likeness (QED) is 0.711. The lowest BCUT2D eigenvalue weighted by molar-refractivity contribution is 0.102. The van der Waals surface area contributed by atoms with E-state index in [4.69, 9.17) is 4.74 Å². The molecule has 4 nitrogen and oxygen atoms in total. The molecule has 0 aromatic carbocycles. The number of cyclic esters (lactones) is 1. The third-order valence-electron chi connectivity index (χ3n) is 3.66. The van der Waals surface area contributed by atoms with Crippen LogP contribution >= 0.6 is 23.5 Å². The summed E-state index contributed by atoms with van der Waals surface area (Å²) in [6.45, 7) is 3.44. The molecule has 3 aliphatic heterocycles. The van der Waals surface area contributed by atoms with Gasteiger partial charge in [0.15, 0.2) is 0 Å². The molecule has 1 atom stereocenters. The van der Waals surface area contributed by atoms with Crippen LogP contribution in [0.5, 0.6) is 0 Å². The molecule has 17 heavy (non-hydrogen) atoms. The van der Waals surface area contributed by atoms with Crippen molar-refractivity contribution < 1.29 is 9.53 Å². The lowest BCUT2D eigenvalue weighted by Crippen LogP contribution is -2.56. The van der Waals surface area contributed by atoms with Gasteiger partial charge in [0.1, 0.15) is 6.61 Å². The van der Waals surface area contributed by atoms with Crippen molar-refractivity contribution >= 4 is 29.6 Å². The van der Waals surface area contributed by atoms with Crippen molar-refractivity contribution in [2.45, 2.75) is 12.1 Å². The van der Waals surface area contributed by atoms with Crippen LogP contribution in [0.25, 0.3) is 0 Å². The Labute approximate surface area is 110 Å². The lowest BCUT2D eigenvalue weighted by atomic mass is 10.1. The van der Waals surface area contributed by atoms with E-state index in [1.165, 1.54) is 23.0 Å². The summed E-state index contributed by atoms with van der Waals surface area (Å²) in [5, 5.41) is 0. The highest BCUT2D eigenvalue weighted by atomic mass is 32.2. The van der Waals surface area contributed by atoms with E-state index in [0.717, 1.165) is 19.6 Å². The van der Waals surface area contributed by atoms with Crippen molar-refractivity contribution in [1.82, 2.24) is 9.80 Å². The molecule has 0 spiro atoms. The van der Waals surface area contributed by atoms with Crippen LogP contribution in [0.1, 0.15) is 0 Å². The smallest absolute Gasteiger partial charge is 0.410 e. The highest BCUT2D eigenvalue weighted by Gasteiger charge is 2.39. The van der Waals surface area contributed by atoms with Crippen LogP contribution in [0.3, 0.4) is 0 Å². The van der Waals surface area contributed by atoms with Gasteiger partial charge in [-0.15, -0.1) is 0 Å². The number of rotatable bonds is 1. The summed E-state index contributed by atoms with van der Waals surface area (Å²) in [7, 11) is 0. The number of fused-ring (bicyclic) bond motifs is 1. The zero-order valence-electron chi connectivity index (χ0n) is 9.84. The predicted molar refractivity (Wildman–Crippen MR) is 71.9 cm³/mol. The molecule has 0 N–H and O–H groups in total. The van der Waals surface area contributed by atoms with Crippen LogP contribution in [0, 0.1) is 0 Å². The number of piperazine rings is 1. The van der Waals surface area contributed by atoms with Gasteiger partial charge in [0.25, 0.3) is 0 Å². The predicted octanol–water partition coefficient (Wildman–Crippen LogP) is 0.971. The molecule has 0 aromatic rings. The van der Waals surface area contributed by atoms with Gasteiger partial charge in [-0.25, -0.2) is 4.79 Å². The Morgan fingerprint density at radius 1 is 1.12 bits per heavy atom. The van der Waals surface area contributed by atoms with Crippen LogP contribution in [0.4, 0.5) is 4.79 Å². The van der Waals surface area contributed by atoms with Gasteiger partial charge >= 0.3 is 6.09 Å². The first-order valence-electron chi connectivity index (χ1n) is 6.17. The second-order valence-electron chi connectivity index (χ2n) is 4.72. The Balaban J connectivity index is 1.60. The number of carbonyl (C=O) groups excluding carboxylic acids is 1. The van der Waals surface area contributed by atoms with Crippen LogP contribution in [0.2, 0.25) is 0 Å². The van der Waals surface area contributed by atoms with E-state index in [1.54, 1.807) is 0 Å². The zero-order valence-corrected chi connectivity index (χ0v) is 11.5. The number of hydrogen-bond acceptors (Lipinski definition) is 5. The van der Waals surface area contributed by atoms with Crippen molar-refractivity contribution in [2.24, 2.45) is 0 Å². The molecule has 3 rings (SSSR count). The standard InChI is InChI=1S/C11H18N2O2S2/c14-11-13-2-1-12(5-9(13)6-15-11)10-7-16-3-4-17-8-10/h9-10H,1-8H2. The van der Waals surface area contributed by atoms with E-state index >= 15 is 0 Å². The number of ether oxygens (including phenoxy) is 1. The molecular formula is C11H18N2O2S2. The minimum Gasteiger partial charge on any atom is -0.447 e. The van der Waals surface area contributed by atoms with E-state index < -0.39 is 0 Å². The van der Waals surface area contributed by atoms with Gasteiger partial charge in [-0.3, -0.25) is 9.80 Å². The van der Waals surface area contributed by atoms with Gasteiger partial charge in [-0.1, -0.05) is 0 Å². The summed E-state index contributed by atoms with van der Waals surface area (Å²) in [5.41, 5.74) is 0. The van der Waals surface area contributed by atoms with Crippen LogP contribution in [0.15, 0.2) is 0 Å². The summed E-state index contributed by atoms with van der Waals surface area (Å²) >= 11 is 4.14. The molecular weight excluding hydrogens is 256 g/mol. The first kappa shape index (κ1) is 12.0. The third kappa shape index (κ3) is 2.53. The molecule has 0 aromatic heterocycles. The Morgan fingerprint density at radius 2 is 1.88 bits per heavy atom. The highest BCUT2D eigenvalue weighted by Crippen LogP contribution is 2.24. The molecule has 0 aliphatic carbocycles. The molecule has 0 bridgehead atoms. The summed E-state index contributed by atoms with van der Waals surface area (Å²) in [5.74, 6) is 5.06. The van der Waals surface area contributed by atoms with Crippen LogP contribution in [-0.4, -0.2) is 77.2 Å². The summed E-state index contributed by atoms with van der Waals surface area (Å²) < 4.78 is 5.11. The molecule has 0 radical (unpaired) electrons. The molecule has 96 valence electrons. The van der Waals surface area contributed by atoms with Crippen molar-refractivity contribution in [1.29, 1.82) is 0 Å². The minimum absolute atomic E-state index is 0.112. The van der Waals surface area contributed by atoms with E-state index in [-0.39, 0.29) is 6.09 Å². The van der Waals surface area contributed by atoms with Crippen LogP contribution < -0.4 is 0 Å². The van der Waals surface area contributed by atoms with E-state index in [9.17, 15) is 4.79 Å². The Hall–Kier alpha value is -0.0700. The number of thioether (sulfide) groups is 2. The second-order valence-corrected chi connectivity index (χ2v) is 7.02. The van der Waals surface area contributed by atoms with Crippen LogP contribution in [-0.2, 0) is 4.74 Å². The molecule has 1 amide bonds. The number of hydrogen-bond donors (Lipinski definition) is 0. The topological polar surface area (TPSA) is 32.8 Å². The van der Waals surface area contributed by atoms with E-state index in [2.05, 4.69) is 28.4 Å². The third-order valence-corrected chi connectivity index (χ3v) is 6.14. The molecule has 3 fully saturated rings. The molecule has 3 aliphatic rings. The molecule has 1 unspecified atom stereocenters. The first-order valence-corrected chi connectivity index (χ1v) is 8.48. The molecule has 3 saturated heterocycles. The van der Waals surface area contributed by atoms with Gasteiger partial charge in [-0.05, 0) is 0 Å². The fourth-order valence-electron chi connectivity index (χ4n) is 2.66. The number of carbonyl (C=O) groups is 1. The van der Waals surface area contributed by atoms with Crippen molar-refractivity contribution in [3.63, 3.8) is 0 Å². The number of amides is 1. The summed E-state index contributed by atoms with van der Waals surface area (Å²) in [6, 6.07) is 0.986. The van der Waals surface area contributed by atoms with Gasteiger partial charge < -0.3 is 4.74 Å². The second kappa shape index (κ2) is 5.28. The van der Waals surface area contributed by atoms with Gasteiger partial charge in [0.2, 0.25) is 0 Å². The molecule has 3 heterocycles. The molecule has 0 saturated carbocycles. The van der Waals surface area contributed by atoms with Crippen molar-refractivity contribution in [2.75, 3.05) is 49.3 Å².